The lowest BCUT2D eigenvalue weighted by Gasteiger charge is -2.19. The van der Waals surface area contributed by atoms with Gasteiger partial charge in [-0.05, 0) is 146 Å². The van der Waals surface area contributed by atoms with Gasteiger partial charge in [0, 0.05) is 11.8 Å². The summed E-state index contributed by atoms with van der Waals surface area (Å²) in [6.07, 6.45) is 16.1. The van der Waals surface area contributed by atoms with Crippen molar-refractivity contribution in [2.75, 3.05) is 0 Å². The quantitative estimate of drug-likeness (QED) is 0.126. The average molecular weight is 630 g/mol. The fourth-order valence-electron chi connectivity index (χ4n) is 7.49. The monoisotopic (exact) mass is 629 g/mol. The molecule has 0 radical (unpaired) electrons. The molecule has 8 rings (SSSR count). The van der Waals surface area contributed by atoms with Crippen LogP contribution in [0.1, 0.15) is 43.4 Å². The largest absolute Gasteiger partial charge is 0.256 e. The molecule has 0 amide bonds. The first kappa shape index (κ1) is 30.5. The molecule has 1 aliphatic rings. The summed E-state index contributed by atoms with van der Waals surface area (Å²) in [6, 6.07) is 46.9. The number of fused-ring (bicyclic) bond motifs is 6. The Morgan fingerprint density at radius 3 is 2.16 bits per heavy atom. The molecule has 1 aromatic heterocycles. The topological polar surface area (TPSA) is 12.9 Å². The minimum absolute atomic E-state index is 0.947. The predicted molar refractivity (Wildman–Crippen MR) is 211 cm³/mol. The van der Waals surface area contributed by atoms with Crippen molar-refractivity contribution in [3.05, 3.63) is 175 Å². The maximum Gasteiger partial charge on any atom is 0.0702 e. The van der Waals surface area contributed by atoms with Crippen molar-refractivity contribution in [2.24, 2.45) is 0 Å². The van der Waals surface area contributed by atoms with Crippen molar-refractivity contribution in [2.45, 2.75) is 33.1 Å². The zero-order chi connectivity index (χ0) is 33.2. The second kappa shape index (κ2) is 13.4. The van der Waals surface area contributed by atoms with E-state index in [-0.39, 0.29) is 0 Å². The molecule has 236 valence electrons. The molecule has 1 aliphatic carbocycles. The van der Waals surface area contributed by atoms with E-state index in [4.69, 9.17) is 4.98 Å². The van der Waals surface area contributed by atoms with E-state index in [1.807, 2.05) is 12.3 Å². The van der Waals surface area contributed by atoms with Crippen LogP contribution in [0.15, 0.2) is 158 Å². The Hall–Kier alpha value is -5.79. The lowest BCUT2D eigenvalue weighted by molar-refractivity contribution is 1.00. The first-order valence-corrected chi connectivity index (χ1v) is 17.4. The van der Waals surface area contributed by atoms with Gasteiger partial charge in [-0.3, -0.25) is 4.98 Å². The SMILES string of the molecule is C/C=C\C=C(/CC)c1cc(-c2cccc(-c3ccccc3-c3ccc4c5c(c6ccccc6c4c3)CCC=C5)c2)cc(-c2ccccn2)c1. The highest BCUT2D eigenvalue weighted by Gasteiger charge is 2.17. The molecule has 0 spiro atoms. The highest BCUT2D eigenvalue weighted by Crippen LogP contribution is 2.41. The number of aryl methyl sites for hydroxylation is 1. The Morgan fingerprint density at radius 2 is 1.37 bits per heavy atom. The molecule has 1 heterocycles. The van der Waals surface area contributed by atoms with Gasteiger partial charge < -0.3 is 0 Å². The zero-order valence-corrected chi connectivity index (χ0v) is 28.2. The summed E-state index contributed by atoms with van der Waals surface area (Å²) >= 11 is 0. The molecule has 0 fully saturated rings. The zero-order valence-electron chi connectivity index (χ0n) is 28.2. The Morgan fingerprint density at radius 1 is 0.633 bits per heavy atom. The van der Waals surface area contributed by atoms with E-state index in [9.17, 15) is 0 Å². The highest BCUT2D eigenvalue weighted by molar-refractivity contribution is 6.14. The van der Waals surface area contributed by atoms with Crippen LogP contribution in [0.5, 0.6) is 0 Å². The van der Waals surface area contributed by atoms with E-state index >= 15 is 0 Å². The highest BCUT2D eigenvalue weighted by atomic mass is 14.7. The standard InChI is InChI=1S/C48H39N/c1-3-5-15-33(4-2)37-29-38(31-39(30-37)48-24-12-13-27-49-48)34-16-14-17-35(28-34)40-18-6-7-19-41(40)36-25-26-46-44-22-9-8-20-42(44)43-21-10-11-23-45(43)47(46)32-36/h3,5-7,9-19,21-32H,4,8,20H2,1-2H3/b5-3-,33-15+. The van der Waals surface area contributed by atoms with Gasteiger partial charge in [-0.25, -0.2) is 0 Å². The van der Waals surface area contributed by atoms with Gasteiger partial charge in [0.25, 0.3) is 0 Å². The Balaban J connectivity index is 1.26. The van der Waals surface area contributed by atoms with Crippen LogP contribution >= 0.6 is 0 Å². The van der Waals surface area contributed by atoms with Crippen molar-refractivity contribution in [1.82, 2.24) is 4.98 Å². The molecule has 0 saturated carbocycles. The normalized spacial score (nSPS) is 13.0. The van der Waals surface area contributed by atoms with E-state index in [0.29, 0.717) is 0 Å². The number of nitrogens with zero attached hydrogens (tertiary/aromatic N) is 1. The molecule has 0 N–H and O–H groups in total. The molecular weight excluding hydrogens is 591 g/mol. The van der Waals surface area contributed by atoms with Crippen LogP contribution in [-0.4, -0.2) is 4.98 Å². The predicted octanol–water partition coefficient (Wildman–Crippen LogP) is 13.4. The van der Waals surface area contributed by atoms with Crippen LogP contribution in [0.2, 0.25) is 0 Å². The molecule has 0 bridgehead atoms. The van der Waals surface area contributed by atoms with Gasteiger partial charge in [-0.1, -0.05) is 122 Å². The number of aromatic nitrogens is 1. The first-order chi connectivity index (χ1) is 24.2. The van der Waals surface area contributed by atoms with Crippen LogP contribution in [0.25, 0.3) is 77.8 Å². The fourth-order valence-corrected chi connectivity index (χ4v) is 7.49. The van der Waals surface area contributed by atoms with E-state index < -0.39 is 0 Å². The lowest BCUT2D eigenvalue weighted by Crippen LogP contribution is -1.98. The van der Waals surface area contributed by atoms with Crippen molar-refractivity contribution < 1.29 is 0 Å². The number of rotatable bonds is 7. The number of benzene rings is 6. The Bertz CT molecular complexity index is 2420. The summed E-state index contributed by atoms with van der Waals surface area (Å²) in [5.41, 5.74) is 14.8. The number of pyridine rings is 1. The van der Waals surface area contributed by atoms with Crippen LogP contribution in [0.4, 0.5) is 0 Å². The molecule has 0 aliphatic heterocycles. The smallest absolute Gasteiger partial charge is 0.0702 e. The van der Waals surface area contributed by atoms with Crippen LogP contribution in [0.3, 0.4) is 0 Å². The molecular formula is C48H39N. The Kier molecular flexibility index (Phi) is 8.34. The summed E-state index contributed by atoms with van der Waals surface area (Å²) in [7, 11) is 0. The molecule has 0 unspecified atom stereocenters. The third kappa shape index (κ3) is 5.83. The molecule has 7 aromatic rings. The summed E-state index contributed by atoms with van der Waals surface area (Å²) in [5.74, 6) is 0. The third-order valence-electron chi connectivity index (χ3n) is 9.90. The average Bonchev–Trinajstić information content (AvgIpc) is 3.18. The minimum Gasteiger partial charge on any atom is -0.256 e. The first-order valence-electron chi connectivity index (χ1n) is 17.4. The van der Waals surface area contributed by atoms with Crippen molar-refractivity contribution in [3.8, 4) is 44.6 Å². The van der Waals surface area contributed by atoms with Gasteiger partial charge in [0.05, 0.1) is 5.69 Å². The number of allylic oxidation sites excluding steroid dienone is 5. The van der Waals surface area contributed by atoms with E-state index in [2.05, 4.69) is 166 Å². The molecule has 49 heavy (non-hydrogen) atoms. The molecule has 6 aromatic carbocycles. The number of hydrogen-bond donors (Lipinski definition) is 0. The van der Waals surface area contributed by atoms with E-state index in [0.717, 1.165) is 30.5 Å². The second-order valence-corrected chi connectivity index (χ2v) is 12.9. The van der Waals surface area contributed by atoms with Gasteiger partial charge in [-0.15, -0.1) is 0 Å². The third-order valence-corrected chi connectivity index (χ3v) is 9.90. The van der Waals surface area contributed by atoms with Crippen molar-refractivity contribution >= 4 is 33.2 Å². The fraction of sp³-hybridized carbons (Fsp3) is 0.104. The van der Waals surface area contributed by atoms with Crippen molar-refractivity contribution in [3.63, 3.8) is 0 Å². The summed E-state index contributed by atoms with van der Waals surface area (Å²) < 4.78 is 0. The van der Waals surface area contributed by atoms with Gasteiger partial charge >= 0.3 is 0 Å². The summed E-state index contributed by atoms with van der Waals surface area (Å²) in [6.45, 7) is 4.29. The maximum absolute atomic E-state index is 4.71. The lowest BCUT2D eigenvalue weighted by atomic mass is 9.85. The molecule has 0 atom stereocenters. The second-order valence-electron chi connectivity index (χ2n) is 12.9. The van der Waals surface area contributed by atoms with E-state index in [1.54, 1.807) is 0 Å². The number of hydrogen-bond acceptors (Lipinski definition) is 1. The van der Waals surface area contributed by atoms with Crippen LogP contribution in [0, 0.1) is 0 Å². The van der Waals surface area contributed by atoms with Gasteiger partial charge in [0.1, 0.15) is 0 Å². The van der Waals surface area contributed by atoms with Gasteiger partial charge in [-0.2, -0.15) is 0 Å². The summed E-state index contributed by atoms with van der Waals surface area (Å²) in [5, 5.41) is 5.38. The Labute approximate surface area is 289 Å². The minimum atomic E-state index is 0.947. The van der Waals surface area contributed by atoms with Gasteiger partial charge in [0.15, 0.2) is 0 Å². The molecule has 1 nitrogen and oxygen atoms in total. The van der Waals surface area contributed by atoms with Crippen LogP contribution in [-0.2, 0) is 6.42 Å². The van der Waals surface area contributed by atoms with Crippen molar-refractivity contribution in [1.29, 1.82) is 0 Å². The van der Waals surface area contributed by atoms with E-state index in [1.165, 1.54) is 77.2 Å². The maximum atomic E-state index is 4.71. The van der Waals surface area contributed by atoms with Gasteiger partial charge in [0.2, 0.25) is 0 Å². The summed E-state index contributed by atoms with van der Waals surface area (Å²) in [4.78, 5) is 4.71. The van der Waals surface area contributed by atoms with Crippen LogP contribution < -0.4 is 0 Å². The molecule has 0 saturated heterocycles. The molecule has 1 heteroatoms.